The minimum absolute atomic E-state index is 0.164. The summed E-state index contributed by atoms with van der Waals surface area (Å²) >= 11 is 0. The van der Waals surface area contributed by atoms with Crippen LogP contribution >= 0.6 is 0 Å². The van der Waals surface area contributed by atoms with E-state index >= 15 is 0 Å². The lowest BCUT2D eigenvalue weighted by atomic mass is 9.99. The highest BCUT2D eigenvalue weighted by Gasteiger charge is 2.34. The lowest BCUT2D eigenvalue weighted by Gasteiger charge is -2.34. The Bertz CT molecular complexity index is 1140. The molecule has 1 N–H and O–H groups in total. The van der Waals surface area contributed by atoms with Crippen molar-refractivity contribution in [3.63, 3.8) is 0 Å². The highest BCUT2D eigenvalue weighted by molar-refractivity contribution is 6.00. The Balaban J connectivity index is 1.95. The van der Waals surface area contributed by atoms with E-state index in [2.05, 4.69) is 20.7 Å². The van der Waals surface area contributed by atoms with E-state index in [4.69, 9.17) is 9.15 Å². The summed E-state index contributed by atoms with van der Waals surface area (Å²) in [6, 6.07) is 9.87. The molecule has 1 aromatic carbocycles. The van der Waals surface area contributed by atoms with Crippen LogP contribution in [-0.2, 0) is 16.1 Å². The molecule has 2 amide bonds. The van der Waals surface area contributed by atoms with Crippen LogP contribution in [0.15, 0.2) is 40.8 Å². The highest BCUT2D eigenvalue weighted by atomic mass is 16.5. The van der Waals surface area contributed by atoms with Crippen molar-refractivity contribution in [2.75, 3.05) is 12.0 Å². The fourth-order valence-corrected chi connectivity index (χ4v) is 3.63. The first kappa shape index (κ1) is 25.9. The molecule has 0 saturated heterocycles. The standard InChI is InChI=1S/C25H34N6O4/c1-16(2)14-20(24(33)26-25(4,5)6)31(18-9-11-19(34-7)12-10-18)22(32)15-30-28-23(27-29-30)21-13-8-17(3)35-21/h8-13,16,20H,14-15H2,1-7H3,(H,26,33). The normalized spacial score (nSPS) is 12.5. The van der Waals surface area contributed by atoms with E-state index in [1.165, 1.54) is 9.70 Å². The van der Waals surface area contributed by atoms with Gasteiger partial charge in [-0.2, -0.15) is 4.80 Å². The second kappa shape index (κ2) is 10.7. The van der Waals surface area contributed by atoms with E-state index in [9.17, 15) is 9.59 Å². The molecule has 3 aromatic rings. The summed E-state index contributed by atoms with van der Waals surface area (Å²) < 4.78 is 10.8. The van der Waals surface area contributed by atoms with Crippen LogP contribution in [0.25, 0.3) is 11.6 Å². The van der Waals surface area contributed by atoms with Crippen LogP contribution < -0.4 is 15.0 Å². The van der Waals surface area contributed by atoms with Gasteiger partial charge in [0.25, 0.3) is 5.91 Å². The number of ether oxygens (including phenoxy) is 1. The number of amides is 2. The van der Waals surface area contributed by atoms with Crippen LogP contribution in [0, 0.1) is 12.8 Å². The molecule has 0 spiro atoms. The molecule has 0 radical (unpaired) electrons. The second-order valence-electron chi connectivity index (χ2n) is 9.90. The average molecular weight is 483 g/mol. The molecule has 3 rings (SSSR count). The summed E-state index contributed by atoms with van der Waals surface area (Å²) in [5, 5.41) is 15.3. The number of hydrogen-bond acceptors (Lipinski definition) is 7. The lowest BCUT2D eigenvalue weighted by Crippen LogP contribution is -2.55. The molecule has 0 aliphatic rings. The van der Waals surface area contributed by atoms with Crippen LogP contribution in [0.4, 0.5) is 5.69 Å². The Kier molecular flexibility index (Phi) is 7.93. The van der Waals surface area contributed by atoms with Gasteiger partial charge in [-0.15, -0.1) is 10.2 Å². The maximum absolute atomic E-state index is 13.7. The highest BCUT2D eigenvalue weighted by Crippen LogP contribution is 2.25. The van der Waals surface area contributed by atoms with Crippen LogP contribution in [0.2, 0.25) is 0 Å². The molecule has 0 saturated carbocycles. The summed E-state index contributed by atoms with van der Waals surface area (Å²) in [6.45, 7) is 11.4. The fraction of sp³-hybridized carbons (Fsp3) is 0.480. The number of hydrogen-bond donors (Lipinski definition) is 1. The predicted molar refractivity (Wildman–Crippen MR) is 132 cm³/mol. The molecule has 0 bridgehead atoms. The number of methoxy groups -OCH3 is 1. The number of carbonyl (C=O) groups excluding carboxylic acids is 2. The molecule has 2 heterocycles. The quantitative estimate of drug-likeness (QED) is 0.495. The van der Waals surface area contributed by atoms with Crippen molar-refractivity contribution >= 4 is 17.5 Å². The van der Waals surface area contributed by atoms with Crippen LogP contribution in [-0.4, -0.2) is 50.7 Å². The molecule has 10 heteroatoms. The van der Waals surface area contributed by atoms with Gasteiger partial charge in [-0.25, -0.2) is 0 Å². The van der Waals surface area contributed by atoms with Gasteiger partial charge in [0, 0.05) is 11.2 Å². The fourth-order valence-electron chi connectivity index (χ4n) is 3.63. The third-order valence-corrected chi connectivity index (χ3v) is 5.12. The molecule has 0 aliphatic carbocycles. The van der Waals surface area contributed by atoms with E-state index in [1.807, 2.05) is 41.5 Å². The average Bonchev–Trinajstić information content (AvgIpc) is 3.41. The van der Waals surface area contributed by atoms with Gasteiger partial charge in [0.05, 0.1) is 7.11 Å². The first-order valence-corrected chi connectivity index (χ1v) is 11.6. The second-order valence-corrected chi connectivity index (χ2v) is 9.90. The first-order valence-electron chi connectivity index (χ1n) is 11.6. The van der Waals surface area contributed by atoms with Crippen LogP contribution in [0.5, 0.6) is 5.75 Å². The molecule has 1 unspecified atom stereocenters. The minimum Gasteiger partial charge on any atom is -0.497 e. The van der Waals surface area contributed by atoms with Crippen molar-refractivity contribution in [2.24, 2.45) is 5.92 Å². The van der Waals surface area contributed by atoms with E-state index in [0.29, 0.717) is 23.6 Å². The Morgan fingerprint density at radius 1 is 1.14 bits per heavy atom. The summed E-state index contributed by atoms with van der Waals surface area (Å²) in [7, 11) is 1.57. The van der Waals surface area contributed by atoms with Crippen molar-refractivity contribution < 1.29 is 18.7 Å². The molecule has 10 nitrogen and oxygen atoms in total. The third-order valence-electron chi connectivity index (χ3n) is 5.12. The zero-order chi connectivity index (χ0) is 25.8. The Labute approximate surface area is 205 Å². The topological polar surface area (TPSA) is 115 Å². The number of furan rings is 1. The van der Waals surface area contributed by atoms with Crippen LogP contribution in [0.3, 0.4) is 0 Å². The van der Waals surface area contributed by atoms with Crippen molar-refractivity contribution in [3.05, 3.63) is 42.2 Å². The Morgan fingerprint density at radius 3 is 2.37 bits per heavy atom. The summed E-state index contributed by atoms with van der Waals surface area (Å²) in [5.41, 5.74) is 0.122. The van der Waals surface area contributed by atoms with E-state index in [0.717, 1.165) is 5.76 Å². The number of nitrogens with zero attached hydrogens (tertiary/aromatic N) is 5. The molecule has 188 valence electrons. The molecular weight excluding hydrogens is 448 g/mol. The maximum atomic E-state index is 13.7. The molecule has 1 atom stereocenters. The first-order chi connectivity index (χ1) is 16.5. The third kappa shape index (κ3) is 6.91. The zero-order valence-corrected chi connectivity index (χ0v) is 21.4. The number of aromatic nitrogens is 4. The number of tetrazole rings is 1. The number of benzene rings is 1. The van der Waals surface area contributed by atoms with Gasteiger partial charge in [-0.05, 0) is 81.6 Å². The molecule has 2 aromatic heterocycles. The lowest BCUT2D eigenvalue weighted by molar-refractivity contribution is -0.128. The molecule has 0 aliphatic heterocycles. The van der Waals surface area contributed by atoms with Crippen LogP contribution in [0.1, 0.15) is 46.8 Å². The predicted octanol–water partition coefficient (Wildman–Crippen LogP) is 3.61. The SMILES string of the molecule is COc1ccc(N(C(=O)Cn2nnc(-c3ccc(C)o3)n2)C(CC(C)C)C(=O)NC(C)(C)C)cc1. The van der Waals surface area contributed by atoms with Gasteiger partial charge in [-0.3, -0.25) is 14.5 Å². The number of anilines is 1. The number of rotatable bonds is 9. The smallest absolute Gasteiger partial charge is 0.251 e. The minimum atomic E-state index is -0.731. The van der Waals surface area contributed by atoms with Gasteiger partial charge >= 0.3 is 0 Å². The van der Waals surface area contributed by atoms with Crippen molar-refractivity contribution in [3.8, 4) is 17.3 Å². The summed E-state index contributed by atoms with van der Waals surface area (Å²) in [6.07, 6.45) is 0.474. The van der Waals surface area contributed by atoms with Gasteiger partial charge in [0.2, 0.25) is 11.7 Å². The van der Waals surface area contributed by atoms with Gasteiger partial charge in [-0.1, -0.05) is 13.8 Å². The van der Waals surface area contributed by atoms with Gasteiger partial charge in [0.1, 0.15) is 24.1 Å². The van der Waals surface area contributed by atoms with Crippen molar-refractivity contribution in [1.29, 1.82) is 0 Å². The van der Waals surface area contributed by atoms with Gasteiger partial charge < -0.3 is 14.5 Å². The summed E-state index contributed by atoms with van der Waals surface area (Å²) in [4.78, 5) is 29.8. The number of aryl methyl sites for hydroxylation is 1. The Hall–Kier alpha value is -3.69. The number of carbonyl (C=O) groups is 2. The maximum Gasteiger partial charge on any atom is 0.251 e. The van der Waals surface area contributed by atoms with Gasteiger partial charge in [0.15, 0.2) is 5.76 Å². The van der Waals surface area contributed by atoms with E-state index < -0.39 is 11.6 Å². The zero-order valence-electron chi connectivity index (χ0n) is 21.4. The summed E-state index contributed by atoms with van der Waals surface area (Å²) in [5.74, 6) is 1.72. The molecule has 0 fully saturated rings. The number of nitrogens with one attached hydrogen (secondary N) is 1. The monoisotopic (exact) mass is 482 g/mol. The van der Waals surface area contributed by atoms with Crippen molar-refractivity contribution in [1.82, 2.24) is 25.5 Å². The molecular formula is C25H34N6O4. The van der Waals surface area contributed by atoms with E-state index in [1.54, 1.807) is 43.5 Å². The van der Waals surface area contributed by atoms with Crippen molar-refractivity contribution in [2.45, 2.75) is 66.1 Å². The Morgan fingerprint density at radius 2 is 1.83 bits per heavy atom. The largest absolute Gasteiger partial charge is 0.497 e. The van der Waals surface area contributed by atoms with E-state index in [-0.39, 0.29) is 30.1 Å². The molecule has 35 heavy (non-hydrogen) atoms.